The van der Waals surface area contributed by atoms with Crippen molar-refractivity contribution in [1.29, 1.82) is 0 Å². The number of benzene rings is 4. The third kappa shape index (κ3) is 21.8. The highest BCUT2D eigenvalue weighted by Crippen LogP contribution is 2.36. The molecule has 0 amide bonds. The maximum atomic E-state index is 6.13. The van der Waals surface area contributed by atoms with Gasteiger partial charge >= 0.3 is 7.12 Å². The van der Waals surface area contributed by atoms with Gasteiger partial charge in [-0.15, -0.1) is 0 Å². The molecule has 6 heteroatoms. The molecule has 1 heterocycles. The van der Waals surface area contributed by atoms with Crippen LogP contribution >= 0.6 is 54.5 Å². The number of halogens is 3. The Hall–Kier alpha value is -1.45. The largest absolute Gasteiger partial charge is 0.494 e. The molecule has 0 saturated carbocycles. The summed E-state index contributed by atoms with van der Waals surface area (Å²) in [6.45, 7) is 13.0. The van der Waals surface area contributed by atoms with Crippen molar-refractivity contribution in [2.75, 3.05) is 0 Å². The molecule has 0 atom stereocenters. The molecule has 4 aromatic rings. The van der Waals surface area contributed by atoms with E-state index >= 15 is 0 Å². The van der Waals surface area contributed by atoms with Crippen LogP contribution < -0.4 is 5.46 Å². The van der Waals surface area contributed by atoms with E-state index in [9.17, 15) is 0 Å². The second-order valence-electron chi connectivity index (χ2n) is 17.8. The number of aryl methyl sites for hydroxylation is 2. The van der Waals surface area contributed by atoms with E-state index in [4.69, 9.17) is 9.31 Å². The van der Waals surface area contributed by atoms with E-state index in [1.807, 2.05) is 12.1 Å². The van der Waals surface area contributed by atoms with Crippen molar-refractivity contribution in [3.05, 3.63) is 121 Å². The summed E-state index contributed by atoms with van der Waals surface area (Å²) in [6, 6.07) is 34.7. The zero-order chi connectivity index (χ0) is 43.5. The first-order valence-electron chi connectivity index (χ1n) is 23.6. The van der Waals surface area contributed by atoms with Crippen molar-refractivity contribution in [2.45, 2.75) is 194 Å². The molecule has 4 aromatic carbocycles. The smallest absolute Gasteiger partial charge is 0.399 e. The molecule has 5 rings (SSSR count). The van der Waals surface area contributed by atoms with Crippen LogP contribution in [0.3, 0.4) is 0 Å². The highest BCUT2D eigenvalue weighted by atomic mass is 127. The molecule has 0 aromatic heterocycles. The molecule has 0 spiro atoms. The standard InChI is InChI=1S/C24H41BO2.C24H33Br.C6H4BrI/c1-6-7-8-9-10-11-12-13-14-15-16-21-17-19-22(20-18-21)25-26-23(2,3)24(4,5)27-25;1-2-3-4-5-6-7-8-9-10-11-12-21-13-15-22(16-14-21)23-17-19-24(25)20-18-23;7-5-1-3-6(8)4-2-5/h17-20H,6-16H2,1-5H3;13-20H,2-12H2,1H3;1-4H. The first-order valence-corrected chi connectivity index (χ1v) is 26.3. The Morgan fingerprint density at radius 2 is 0.717 bits per heavy atom. The quantitative estimate of drug-likeness (QED) is 0.0396. The van der Waals surface area contributed by atoms with Crippen molar-refractivity contribution in [1.82, 2.24) is 0 Å². The average molecular weight is 1060 g/mol. The minimum absolute atomic E-state index is 0.249. The van der Waals surface area contributed by atoms with Gasteiger partial charge in [-0.2, -0.15) is 0 Å². The van der Waals surface area contributed by atoms with E-state index in [1.54, 1.807) is 0 Å². The van der Waals surface area contributed by atoms with E-state index in [1.165, 1.54) is 167 Å². The lowest BCUT2D eigenvalue weighted by Gasteiger charge is -2.32. The molecule has 0 unspecified atom stereocenters. The van der Waals surface area contributed by atoms with Crippen LogP contribution in [0.2, 0.25) is 0 Å². The molecule has 1 aliphatic rings. The van der Waals surface area contributed by atoms with Gasteiger partial charge in [0.15, 0.2) is 0 Å². The number of hydrogen-bond acceptors (Lipinski definition) is 2. The Morgan fingerprint density at radius 3 is 1.07 bits per heavy atom. The molecule has 1 saturated heterocycles. The first-order chi connectivity index (χ1) is 28.9. The molecule has 1 aliphatic heterocycles. The Bertz CT molecular complexity index is 1620. The van der Waals surface area contributed by atoms with Gasteiger partial charge in [-0.05, 0) is 140 Å². The van der Waals surface area contributed by atoms with Crippen LogP contribution in [0.15, 0.2) is 106 Å². The van der Waals surface area contributed by atoms with Crippen LogP contribution in [-0.2, 0) is 22.2 Å². The van der Waals surface area contributed by atoms with Crippen molar-refractivity contribution < 1.29 is 9.31 Å². The Labute approximate surface area is 399 Å². The third-order valence-electron chi connectivity index (χ3n) is 12.1. The van der Waals surface area contributed by atoms with Gasteiger partial charge in [-0.25, -0.2) is 0 Å². The van der Waals surface area contributed by atoms with Crippen molar-refractivity contribution in [2.24, 2.45) is 0 Å². The summed E-state index contributed by atoms with van der Waals surface area (Å²) in [5, 5.41) is 0. The molecule has 330 valence electrons. The Kier molecular flexibility index (Phi) is 27.0. The lowest BCUT2D eigenvalue weighted by molar-refractivity contribution is 0.00578. The second kappa shape index (κ2) is 30.6. The van der Waals surface area contributed by atoms with Gasteiger partial charge in [0.1, 0.15) is 0 Å². The number of hydrogen-bond donors (Lipinski definition) is 0. The molecule has 60 heavy (non-hydrogen) atoms. The lowest BCUT2D eigenvalue weighted by atomic mass is 9.78. The van der Waals surface area contributed by atoms with Gasteiger partial charge < -0.3 is 9.31 Å². The van der Waals surface area contributed by atoms with E-state index in [2.05, 4.69) is 181 Å². The summed E-state index contributed by atoms with van der Waals surface area (Å²) < 4.78 is 15.8. The highest BCUT2D eigenvalue weighted by molar-refractivity contribution is 14.1. The van der Waals surface area contributed by atoms with E-state index in [0.29, 0.717) is 0 Å². The minimum Gasteiger partial charge on any atom is -0.399 e. The molecule has 0 aliphatic carbocycles. The van der Waals surface area contributed by atoms with Crippen LogP contribution in [0.1, 0.15) is 181 Å². The maximum Gasteiger partial charge on any atom is 0.494 e. The normalized spacial score (nSPS) is 14.0. The van der Waals surface area contributed by atoms with Gasteiger partial charge in [-0.3, -0.25) is 0 Å². The maximum absolute atomic E-state index is 6.13. The SMILES string of the molecule is Brc1ccc(I)cc1.CCCCCCCCCCCCc1ccc(-c2ccc(Br)cc2)cc1.CCCCCCCCCCCCc1ccc(B2OC(C)(C)C(C)(C)O2)cc1. The van der Waals surface area contributed by atoms with Crippen molar-refractivity contribution in [3.8, 4) is 11.1 Å². The molecule has 2 nitrogen and oxygen atoms in total. The molecular weight excluding hydrogens is 978 g/mol. The van der Waals surface area contributed by atoms with Crippen LogP contribution in [0.4, 0.5) is 0 Å². The van der Waals surface area contributed by atoms with E-state index in [0.717, 1.165) is 14.4 Å². The zero-order valence-corrected chi connectivity index (χ0v) is 43.7. The topological polar surface area (TPSA) is 18.5 Å². The van der Waals surface area contributed by atoms with Gasteiger partial charge in [0, 0.05) is 12.5 Å². The van der Waals surface area contributed by atoms with Crippen LogP contribution in [0.25, 0.3) is 11.1 Å². The summed E-state index contributed by atoms with van der Waals surface area (Å²) in [5.74, 6) is 0. The molecule has 0 bridgehead atoms. The van der Waals surface area contributed by atoms with Crippen LogP contribution in [0, 0.1) is 3.57 Å². The molecule has 1 fully saturated rings. The van der Waals surface area contributed by atoms with Crippen molar-refractivity contribution in [3.63, 3.8) is 0 Å². The first kappa shape index (κ1) is 52.9. The summed E-state index contributed by atoms with van der Waals surface area (Å²) in [4.78, 5) is 0. The predicted molar refractivity (Wildman–Crippen MR) is 280 cm³/mol. The van der Waals surface area contributed by atoms with Crippen LogP contribution in [0.5, 0.6) is 0 Å². The minimum atomic E-state index is -0.271. The summed E-state index contributed by atoms with van der Waals surface area (Å²) >= 11 is 9.11. The third-order valence-corrected chi connectivity index (χ3v) is 13.9. The van der Waals surface area contributed by atoms with Crippen LogP contribution in [-0.4, -0.2) is 18.3 Å². The van der Waals surface area contributed by atoms with E-state index in [-0.39, 0.29) is 18.3 Å². The molecule has 0 N–H and O–H groups in total. The Balaban J connectivity index is 0.000000271. The Morgan fingerprint density at radius 1 is 0.417 bits per heavy atom. The predicted octanol–water partition coefficient (Wildman–Crippen LogP) is 18.1. The second-order valence-corrected chi connectivity index (χ2v) is 20.9. The number of unbranched alkanes of at least 4 members (excludes halogenated alkanes) is 18. The lowest BCUT2D eigenvalue weighted by Crippen LogP contribution is -2.41. The molecular formula is C54H78BBr2IO2. The van der Waals surface area contributed by atoms with Gasteiger partial charge in [-0.1, -0.05) is 222 Å². The summed E-state index contributed by atoms with van der Waals surface area (Å²) in [6.07, 6.45) is 30.4. The highest BCUT2D eigenvalue weighted by Gasteiger charge is 2.51. The summed E-state index contributed by atoms with van der Waals surface area (Å²) in [5.41, 5.74) is 6.07. The fourth-order valence-electron chi connectivity index (χ4n) is 7.39. The summed E-state index contributed by atoms with van der Waals surface area (Å²) in [7, 11) is -0.249. The van der Waals surface area contributed by atoms with E-state index < -0.39 is 0 Å². The van der Waals surface area contributed by atoms with Gasteiger partial charge in [0.25, 0.3) is 0 Å². The van der Waals surface area contributed by atoms with Crippen molar-refractivity contribution >= 4 is 67.0 Å². The zero-order valence-electron chi connectivity index (χ0n) is 38.3. The van der Waals surface area contributed by atoms with Gasteiger partial charge in [0.05, 0.1) is 11.2 Å². The number of rotatable bonds is 24. The molecule has 0 radical (unpaired) electrons. The fourth-order valence-corrected chi connectivity index (χ4v) is 8.28. The monoisotopic (exact) mass is 1050 g/mol. The average Bonchev–Trinajstić information content (AvgIpc) is 3.47. The fraction of sp³-hybridized carbons (Fsp3) is 0.556. The van der Waals surface area contributed by atoms with Gasteiger partial charge in [0.2, 0.25) is 0 Å².